The predicted molar refractivity (Wildman–Crippen MR) is 71.5 cm³/mol. The van der Waals surface area contributed by atoms with E-state index < -0.39 is 24.0 Å². The Morgan fingerprint density at radius 3 is 2.58 bits per heavy atom. The fraction of sp³-hybridized carbons (Fsp3) is 0.286. The zero-order valence-corrected chi connectivity index (χ0v) is 10.8. The van der Waals surface area contributed by atoms with Crippen LogP contribution < -0.4 is 5.32 Å². The van der Waals surface area contributed by atoms with Gasteiger partial charge in [-0.25, -0.2) is 4.79 Å². The smallest absolute Gasteiger partial charge is 0.328 e. The molecule has 0 aliphatic rings. The van der Waals surface area contributed by atoms with Crippen molar-refractivity contribution in [2.75, 3.05) is 0 Å². The highest BCUT2D eigenvalue weighted by Gasteiger charge is 2.23. The van der Waals surface area contributed by atoms with Gasteiger partial charge in [0.15, 0.2) is 6.04 Å². The fourth-order valence-corrected chi connectivity index (χ4v) is 1.54. The number of aryl methyl sites for hydroxylation is 1. The fourth-order valence-electron chi connectivity index (χ4n) is 1.54. The van der Waals surface area contributed by atoms with E-state index in [0.717, 1.165) is 11.1 Å². The van der Waals surface area contributed by atoms with Crippen molar-refractivity contribution >= 4 is 18.0 Å². The molecule has 5 nitrogen and oxygen atoms in total. The predicted octanol–water partition coefficient (Wildman–Crippen LogP) is 0.958. The highest BCUT2D eigenvalue weighted by Crippen LogP contribution is 2.05. The van der Waals surface area contributed by atoms with Crippen LogP contribution in [-0.2, 0) is 9.59 Å². The molecule has 1 aromatic carbocycles. The highest BCUT2D eigenvalue weighted by molar-refractivity contribution is 5.94. The molecule has 1 rings (SSSR count). The summed E-state index contributed by atoms with van der Waals surface area (Å²) in [7, 11) is 0. The van der Waals surface area contributed by atoms with Crippen LogP contribution in [-0.4, -0.2) is 34.2 Å². The lowest BCUT2D eigenvalue weighted by Crippen LogP contribution is -2.47. The Hall–Kier alpha value is -2.14. The summed E-state index contributed by atoms with van der Waals surface area (Å²) in [6.45, 7) is 3.24. The van der Waals surface area contributed by atoms with E-state index in [1.807, 2.05) is 31.2 Å². The van der Waals surface area contributed by atoms with E-state index in [0.29, 0.717) is 0 Å². The van der Waals surface area contributed by atoms with E-state index in [9.17, 15) is 14.7 Å². The molecule has 5 heteroatoms. The van der Waals surface area contributed by atoms with Crippen LogP contribution in [0.3, 0.4) is 0 Å². The Labute approximate surface area is 111 Å². The SMILES string of the molecule is Cc1cccc(/C=C/C(=O)NC(C(=O)O)C(C)O)c1. The lowest BCUT2D eigenvalue weighted by atomic mass is 10.1. The van der Waals surface area contributed by atoms with Gasteiger partial charge in [-0.3, -0.25) is 4.79 Å². The number of carboxylic acid groups (broad SMARTS) is 1. The number of carbonyl (C=O) groups is 2. The van der Waals surface area contributed by atoms with Gasteiger partial charge < -0.3 is 15.5 Å². The second-order valence-electron chi connectivity index (χ2n) is 4.31. The van der Waals surface area contributed by atoms with E-state index in [-0.39, 0.29) is 0 Å². The van der Waals surface area contributed by atoms with Crippen molar-refractivity contribution in [1.29, 1.82) is 0 Å². The molecular formula is C14H17NO4. The Balaban J connectivity index is 2.67. The van der Waals surface area contributed by atoms with E-state index >= 15 is 0 Å². The number of benzene rings is 1. The second kappa shape index (κ2) is 6.70. The molecule has 0 aromatic heterocycles. The van der Waals surface area contributed by atoms with Gasteiger partial charge in [0, 0.05) is 6.08 Å². The molecule has 0 saturated carbocycles. The summed E-state index contributed by atoms with van der Waals surface area (Å²) in [4.78, 5) is 22.3. The lowest BCUT2D eigenvalue weighted by Gasteiger charge is -2.15. The quantitative estimate of drug-likeness (QED) is 0.690. The first-order valence-electron chi connectivity index (χ1n) is 5.86. The number of carbonyl (C=O) groups excluding carboxylic acids is 1. The van der Waals surface area contributed by atoms with Crippen molar-refractivity contribution in [1.82, 2.24) is 5.32 Å². The summed E-state index contributed by atoms with van der Waals surface area (Å²) in [6.07, 6.45) is 1.67. The van der Waals surface area contributed by atoms with Gasteiger partial charge in [0.25, 0.3) is 0 Å². The van der Waals surface area contributed by atoms with Crippen LogP contribution in [0.2, 0.25) is 0 Å². The first-order valence-corrected chi connectivity index (χ1v) is 5.86. The zero-order chi connectivity index (χ0) is 14.4. The van der Waals surface area contributed by atoms with Crippen LogP contribution >= 0.6 is 0 Å². The number of hydrogen-bond acceptors (Lipinski definition) is 3. The number of carboxylic acids is 1. The Morgan fingerprint density at radius 1 is 1.37 bits per heavy atom. The third-order valence-electron chi connectivity index (χ3n) is 2.52. The summed E-state index contributed by atoms with van der Waals surface area (Å²) in [5, 5.41) is 20.3. The molecule has 1 aromatic rings. The molecule has 19 heavy (non-hydrogen) atoms. The molecule has 0 aliphatic carbocycles. The third-order valence-corrected chi connectivity index (χ3v) is 2.52. The van der Waals surface area contributed by atoms with Gasteiger partial charge in [-0.2, -0.15) is 0 Å². The van der Waals surface area contributed by atoms with Crippen LogP contribution in [0.15, 0.2) is 30.3 Å². The summed E-state index contributed by atoms with van der Waals surface area (Å²) >= 11 is 0. The largest absolute Gasteiger partial charge is 0.480 e. The summed E-state index contributed by atoms with van der Waals surface area (Å²) in [5.41, 5.74) is 1.91. The number of nitrogens with one attached hydrogen (secondary N) is 1. The normalized spacial score (nSPS) is 14.1. The van der Waals surface area contributed by atoms with E-state index in [2.05, 4.69) is 5.32 Å². The lowest BCUT2D eigenvalue weighted by molar-refractivity contribution is -0.144. The molecule has 0 spiro atoms. The Bertz CT molecular complexity index is 494. The summed E-state index contributed by atoms with van der Waals surface area (Å²) in [5.74, 6) is -1.83. The van der Waals surface area contributed by atoms with Crippen molar-refractivity contribution in [3.05, 3.63) is 41.5 Å². The van der Waals surface area contributed by atoms with Gasteiger partial charge in [0.05, 0.1) is 6.10 Å². The minimum absolute atomic E-state index is 0.560. The molecule has 2 atom stereocenters. The maximum atomic E-state index is 11.5. The zero-order valence-electron chi connectivity index (χ0n) is 10.8. The van der Waals surface area contributed by atoms with Crippen LogP contribution in [0.4, 0.5) is 0 Å². The van der Waals surface area contributed by atoms with Crippen molar-refractivity contribution in [2.24, 2.45) is 0 Å². The molecule has 2 unspecified atom stereocenters. The highest BCUT2D eigenvalue weighted by atomic mass is 16.4. The number of aliphatic hydroxyl groups is 1. The molecule has 0 fully saturated rings. The van der Waals surface area contributed by atoms with Gasteiger partial charge in [0.2, 0.25) is 5.91 Å². The standard InChI is InChI=1S/C14H17NO4/c1-9-4-3-5-11(8-9)6-7-12(17)15-13(10(2)16)14(18)19/h3-8,10,13,16H,1-2H3,(H,15,17)(H,18,19)/b7-6+. The summed E-state index contributed by atoms with van der Waals surface area (Å²) in [6, 6.07) is 6.22. The molecule has 3 N–H and O–H groups in total. The topological polar surface area (TPSA) is 86.6 Å². The molecule has 102 valence electrons. The molecule has 0 heterocycles. The van der Waals surface area contributed by atoms with Crippen molar-refractivity contribution < 1.29 is 19.8 Å². The Kier molecular flexibility index (Phi) is 5.26. The monoisotopic (exact) mass is 263 g/mol. The van der Waals surface area contributed by atoms with Crippen molar-refractivity contribution in [3.8, 4) is 0 Å². The molecular weight excluding hydrogens is 246 g/mol. The number of aliphatic carboxylic acids is 1. The van der Waals surface area contributed by atoms with Gasteiger partial charge in [-0.15, -0.1) is 0 Å². The van der Waals surface area contributed by atoms with E-state index in [1.54, 1.807) is 6.08 Å². The van der Waals surface area contributed by atoms with Crippen molar-refractivity contribution in [3.63, 3.8) is 0 Å². The minimum Gasteiger partial charge on any atom is -0.480 e. The molecule has 0 saturated heterocycles. The molecule has 0 radical (unpaired) electrons. The first kappa shape index (κ1) is 14.9. The number of rotatable bonds is 5. The maximum Gasteiger partial charge on any atom is 0.328 e. The van der Waals surface area contributed by atoms with E-state index in [4.69, 9.17) is 5.11 Å². The Morgan fingerprint density at radius 2 is 2.05 bits per heavy atom. The molecule has 1 amide bonds. The van der Waals surface area contributed by atoms with Crippen molar-refractivity contribution in [2.45, 2.75) is 26.0 Å². The van der Waals surface area contributed by atoms with E-state index in [1.165, 1.54) is 13.0 Å². The minimum atomic E-state index is -1.31. The van der Waals surface area contributed by atoms with Gasteiger partial charge in [-0.1, -0.05) is 29.8 Å². The number of hydrogen-bond donors (Lipinski definition) is 3. The average molecular weight is 263 g/mol. The average Bonchev–Trinajstić information content (AvgIpc) is 2.32. The van der Waals surface area contributed by atoms with Gasteiger partial charge in [0.1, 0.15) is 0 Å². The first-order chi connectivity index (χ1) is 8.90. The van der Waals surface area contributed by atoms with Crippen LogP contribution in [0.5, 0.6) is 0 Å². The number of amides is 1. The molecule has 0 bridgehead atoms. The maximum absolute atomic E-state index is 11.5. The van der Waals surface area contributed by atoms with Gasteiger partial charge in [-0.05, 0) is 25.5 Å². The van der Waals surface area contributed by atoms with Gasteiger partial charge >= 0.3 is 5.97 Å². The van der Waals surface area contributed by atoms with Crippen LogP contribution in [0.25, 0.3) is 6.08 Å². The molecule has 0 aliphatic heterocycles. The van der Waals surface area contributed by atoms with Crippen LogP contribution in [0.1, 0.15) is 18.1 Å². The second-order valence-corrected chi connectivity index (χ2v) is 4.31. The third kappa shape index (κ3) is 4.93. The number of aliphatic hydroxyl groups excluding tert-OH is 1. The summed E-state index contributed by atoms with van der Waals surface area (Å²) < 4.78 is 0. The van der Waals surface area contributed by atoms with Crippen LogP contribution in [0, 0.1) is 6.92 Å².